The number of nitrogens with one attached hydrogen (secondary N) is 1. The van der Waals surface area contributed by atoms with Gasteiger partial charge in [0.2, 0.25) is 5.91 Å². The van der Waals surface area contributed by atoms with E-state index in [1.165, 1.54) is 47.9 Å². The van der Waals surface area contributed by atoms with E-state index in [4.69, 9.17) is 0 Å². The first-order valence-electron chi connectivity index (χ1n) is 8.31. The highest BCUT2D eigenvalue weighted by Crippen LogP contribution is 2.25. The van der Waals surface area contributed by atoms with Gasteiger partial charge in [-0.1, -0.05) is 25.7 Å². The van der Waals surface area contributed by atoms with E-state index in [2.05, 4.69) is 10.3 Å². The van der Waals surface area contributed by atoms with Crippen molar-refractivity contribution < 1.29 is 4.79 Å². The number of hydrogen-bond donors (Lipinski definition) is 1. The molecule has 0 aromatic carbocycles. The summed E-state index contributed by atoms with van der Waals surface area (Å²) in [6.07, 6.45) is 8.43. The van der Waals surface area contributed by atoms with Crippen LogP contribution >= 0.6 is 11.3 Å². The lowest BCUT2D eigenvalue weighted by molar-refractivity contribution is -0.122. The van der Waals surface area contributed by atoms with Crippen LogP contribution in [0.4, 0.5) is 0 Å². The summed E-state index contributed by atoms with van der Waals surface area (Å²) in [5.41, 5.74) is 0.855. The van der Waals surface area contributed by atoms with Gasteiger partial charge in [-0.05, 0) is 32.3 Å². The summed E-state index contributed by atoms with van der Waals surface area (Å²) in [5, 5.41) is 3.73. The second kappa shape index (κ2) is 6.83. The molecular formula is C17H23N3O2S. The Balaban J connectivity index is 1.75. The molecule has 0 saturated heterocycles. The molecule has 2 aromatic rings. The molecule has 6 heteroatoms. The molecule has 1 saturated carbocycles. The molecule has 1 N–H and O–H groups in total. The fraction of sp³-hybridized carbons (Fsp3) is 0.588. The molecule has 0 aliphatic heterocycles. The Morgan fingerprint density at radius 3 is 2.70 bits per heavy atom. The van der Waals surface area contributed by atoms with Crippen molar-refractivity contribution in [3.63, 3.8) is 0 Å². The predicted molar refractivity (Wildman–Crippen MR) is 93.0 cm³/mol. The van der Waals surface area contributed by atoms with Crippen LogP contribution in [0.25, 0.3) is 10.2 Å². The summed E-state index contributed by atoms with van der Waals surface area (Å²) in [4.78, 5) is 31.1. The van der Waals surface area contributed by atoms with Crippen molar-refractivity contribution >= 4 is 27.5 Å². The molecule has 0 bridgehead atoms. The fourth-order valence-corrected chi connectivity index (χ4v) is 4.22. The van der Waals surface area contributed by atoms with E-state index in [0.717, 1.165) is 28.1 Å². The molecule has 2 aromatic heterocycles. The second-order valence-corrected chi connectivity index (χ2v) is 7.60. The maximum atomic E-state index is 12.6. The molecule has 124 valence electrons. The number of thiophene rings is 1. The quantitative estimate of drug-likeness (QED) is 0.879. The van der Waals surface area contributed by atoms with Crippen molar-refractivity contribution in [2.75, 3.05) is 0 Å². The number of rotatable bonds is 3. The van der Waals surface area contributed by atoms with Crippen LogP contribution in [-0.4, -0.2) is 21.5 Å². The molecule has 1 amide bonds. The first kappa shape index (κ1) is 16.2. The van der Waals surface area contributed by atoms with E-state index < -0.39 is 0 Å². The van der Waals surface area contributed by atoms with Crippen molar-refractivity contribution in [3.8, 4) is 0 Å². The number of aryl methyl sites for hydroxylation is 2. The average Bonchev–Trinajstić information content (AvgIpc) is 2.69. The van der Waals surface area contributed by atoms with E-state index in [0.29, 0.717) is 5.39 Å². The molecule has 3 rings (SSSR count). The van der Waals surface area contributed by atoms with Gasteiger partial charge in [0.15, 0.2) is 0 Å². The Bertz CT molecular complexity index is 770. The molecule has 2 heterocycles. The molecule has 0 spiro atoms. The number of amides is 1. The molecule has 0 unspecified atom stereocenters. The summed E-state index contributed by atoms with van der Waals surface area (Å²) in [5.74, 6) is -0.0928. The topological polar surface area (TPSA) is 64.0 Å². The standard InChI is InChI=1S/C17H23N3O2S/c1-11-12(2)23-16-15(11)17(22)20(10-18-16)9-14(21)19-13-7-5-3-4-6-8-13/h10,13H,3-9H2,1-2H3,(H,19,21). The van der Waals surface area contributed by atoms with Crippen LogP contribution in [0.5, 0.6) is 0 Å². The number of carbonyl (C=O) groups is 1. The van der Waals surface area contributed by atoms with E-state index in [1.807, 2.05) is 13.8 Å². The number of fused-ring (bicyclic) bond motifs is 1. The van der Waals surface area contributed by atoms with Crippen molar-refractivity contribution in [2.45, 2.75) is 65.0 Å². The minimum absolute atomic E-state index is 0.0482. The van der Waals surface area contributed by atoms with E-state index in [1.54, 1.807) is 0 Å². The highest BCUT2D eigenvalue weighted by atomic mass is 32.1. The number of hydrogen-bond acceptors (Lipinski definition) is 4. The second-order valence-electron chi connectivity index (χ2n) is 6.40. The molecule has 0 radical (unpaired) electrons. The maximum absolute atomic E-state index is 12.6. The van der Waals surface area contributed by atoms with Gasteiger partial charge in [0, 0.05) is 10.9 Å². The van der Waals surface area contributed by atoms with Gasteiger partial charge >= 0.3 is 0 Å². The third-order valence-electron chi connectivity index (χ3n) is 4.69. The van der Waals surface area contributed by atoms with Crippen LogP contribution in [0.15, 0.2) is 11.1 Å². The van der Waals surface area contributed by atoms with E-state index in [9.17, 15) is 9.59 Å². The Morgan fingerprint density at radius 2 is 2.00 bits per heavy atom. The minimum Gasteiger partial charge on any atom is -0.352 e. The molecule has 0 atom stereocenters. The third kappa shape index (κ3) is 3.47. The largest absolute Gasteiger partial charge is 0.352 e. The van der Waals surface area contributed by atoms with Gasteiger partial charge in [-0.15, -0.1) is 11.3 Å². The van der Waals surface area contributed by atoms with Gasteiger partial charge in [-0.2, -0.15) is 0 Å². The van der Waals surface area contributed by atoms with Crippen LogP contribution in [0.3, 0.4) is 0 Å². The molecule has 5 nitrogen and oxygen atoms in total. The highest BCUT2D eigenvalue weighted by molar-refractivity contribution is 7.18. The lowest BCUT2D eigenvalue weighted by Gasteiger charge is -2.16. The molecule has 1 aliphatic carbocycles. The lowest BCUT2D eigenvalue weighted by Crippen LogP contribution is -2.38. The maximum Gasteiger partial charge on any atom is 0.262 e. The smallest absolute Gasteiger partial charge is 0.262 e. The van der Waals surface area contributed by atoms with Crippen LogP contribution < -0.4 is 10.9 Å². The van der Waals surface area contributed by atoms with Crippen molar-refractivity contribution in [2.24, 2.45) is 0 Å². The Kier molecular flexibility index (Phi) is 4.80. The lowest BCUT2D eigenvalue weighted by atomic mass is 10.1. The minimum atomic E-state index is -0.118. The number of aromatic nitrogens is 2. The normalized spacial score (nSPS) is 16.4. The summed E-state index contributed by atoms with van der Waals surface area (Å²) < 4.78 is 1.42. The zero-order valence-electron chi connectivity index (χ0n) is 13.7. The highest BCUT2D eigenvalue weighted by Gasteiger charge is 2.17. The van der Waals surface area contributed by atoms with E-state index >= 15 is 0 Å². The first-order chi connectivity index (χ1) is 11.1. The Hall–Kier alpha value is -1.69. The van der Waals surface area contributed by atoms with Gasteiger partial charge in [-0.3, -0.25) is 14.2 Å². The van der Waals surface area contributed by atoms with Crippen LogP contribution in [-0.2, 0) is 11.3 Å². The SMILES string of the molecule is Cc1sc2ncn(CC(=O)NC3CCCCCC3)c(=O)c2c1C. The Labute approximate surface area is 139 Å². The summed E-state index contributed by atoms with van der Waals surface area (Å²) in [6.45, 7) is 3.98. The zero-order valence-corrected chi connectivity index (χ0v) is 14.5. The third-order valence-corrected chi connectivity index (χ3v) is 5.81. The van der Waals surface area contributed by atoms with Gasteiger partial charge in [0.25, 0.3) is 5.56 Å². The zero-order chi connectivity index (χ0) is 16.4. The van der Waals surface area contributed by atoms with Gasteiger partial charge in [0.1, 0.15) is 11.4 Å². The predicted octanol–water partition coefficient (Wildman–Crippen LogP) is 2.91. The van der Waals surface area contributed by atoms with Crippen molar-refractivity contribution in [1.82, 2.24) is 14.9 Å². The molecular weight excluding hydrogens is 310 g/mol. The Morgan fingerprint density at radius 1 is 1.30 bits per heavy atom. The summed E-state index contributed by atoms with van der Waals surface area (Å²) >= 11 is 1.53. The molecule has 23 heavy (non-hydrogen) atoms. The van der Waals surface area contributed by atoms with Crippen LogP contribution in [0, 0.1) is 13.8 Å². The van der Waals surface area contributed by atoms with Crippen molar-refractivity contribution in [1.29, 1.82) is 0 Å². The molecule has 1 fully saturated rings. The van der Waals surface area contributed by atoms with Gasteiger partial charge in [0.05, 0.1) is 11.7 Å². The summed E-state index contributed by atoms with van der Waals surface area (Å²) in [7, 11) is 0. The first-order valence-corrected chi connectivity index (χ1v) is 9.12. The van der Waals surface area contributed by atoms with Crippen LogP contribution in [0.2, 0.25) is 0 Å². The summed E-state index contributed by atoms with van der Waals surface area (Å²) in [6, 6.07) is 0.252. The number of carbonyl (C=O) groups excluding carboxylic acids is 1. The van der Waals surface area contributed by atoms with E-state index in [-0.39, 0.29) is 24.1 Å². The fourth-order valence-electron chi connectivity index (χ4n) is 3.23. The van der Waals surface area contributed by atoms with Gasteiger partial charge < -0.3 is 5.32 Å². The number of nitrogens with zero attached hydrogens (tertiary/aromatic N) is 2. The average molecular weight is 333 g/mol. The van der Waals surface area contributed by atoms with Crippen molar-refractivity contribution in [3.05, 3.63) is 27.1 Å². The van der Waals surface area contributed by atoms with Crippen LogP contribution in [0.1, 0.15) is 49.0 Å². The monoisotopic (exact) mass is 333 g/mol. The van der Waals surface area contributed by atoms with Gasteiger partial charge in [-0.25, -0.2) is 4.98 Å². The molecule has 1 aliphatic rings.